The number of rotatable bonds is 5. The summed E-state index contributed by atoms with van der Waals surface area (Å²) in [6.07, 6.45) is 1.80. The third-order valence-corrected chi connectivity index (χ3v) is 5.32. The highest BCUT2D eigenvalue weighted by Gasteiger charge is 2.22. The normalized spacial score (nSPS) is 12.0. The molecular formula is C11H17BrN2O2S. The van der Waals surface area contributed by atoms with Gasteiger partial charge in [0.1, 0.15) is 0 Å². The third kappa shape index (κ3) is 3.43. The molecule has 0 fully saturated rings. The molecule has 0 heterocycles. The van der Waals surface area contributed by atoms with Crippen molar-refractivity contribution in [2.45, 2.75) is 24.7 Å². The Hall–Kier alpha value is -0.590. The van der Waals surface area contributed by atoms with E-state index in [0.29, 0.717) is 16.7 Å². The van der Waals surface area contributed by atoms with Gasteiger partial charge in [0.05, 0.1) is 4.90 Å². The van der Waals surface area contributed by atoms with E-state index in [1.54, 1.807) is 19.2 Å². The van der Waals surface area contributed by atoms with Crippen LogP contribution in [-0.4, -0.2) is 26.3 Å². The lowest BCUT2D eigenvalue weighted by molar-refractivity contribution is 0.459. The summed E-state index contributed by atoms with van der Waals surface area (Å²) < 4.78 is 26.4. The number of unbranched alkanes of at least 4 members (excludes halogenated alkanes) is 1. The van der Waals surface area contributed by atoms with Gasteiger partial charge in [-0.25, -0.2) is 12.7 Å². The lowest BCUT2D eigenvalue weighted by atomic mass is 10.3. The van der Waals surface area contributed by atoms with E-state index < -0.39 is 10.0 Å². The van der Waals surface area contributed by atoms with Gasteiger partial charge in [-0.15, -0.1) is 0 Å². The zero-order chi connectivity index (χ0) is 13.1. The summed E-state index contributed by atoms with van der Waals surface area (Å²) >= 11 is 3.24. The van der Waals surface area contributed by atoms with Crippen LogP contribution in [0, 0.1) is 0 Å². The highest BCUT2D eigenvalue weighted by atomic mass is 79.9. The van der Waals surface area contributed by atoms with Gasteiger partial charge in [0.2, 0.25) is 10.0 Å². The first-order chi connectivity index (χ1) is 7.89. The van der Waals surface area contributed by atoms with Gasteiger partial charge in [-0.2, -0.15) is 0 Å². The van der Waals surface area contributed by atoms with E-state index in [0.717, 1.165) is 12.8 Å². The summed E-state index contributed by atoms with van der Waals surface area (Å²) in [5, 5.41) is 0. The molecule has 0 aliphatic heterocycles. The Kier molecular flexibility index (Phi) is 4.97. The van der Waals surface area contributed by atoms with Gasteiger partial charge in [0.25, 0.3) is 0 Å². The Bertz CT molecular complexity index is 488. The number of halogens is 1. The Balaban J connectivity index is 3.08. The minimum atomic E-state index is -3.46. The average Bonchev–Trinajstić information content (AvgIpc) is 2.28. The lowest BCUT2D eigenvalue weighted by Crippen LogP contribution is -2.28. The molecule has 1 aromatic carbocycles. The van der Waals surface area contributed by atoms with E-state index in [4.69, 9.17) is 5.73 Å². The van der Waals surface area contributed by atoms with Gasteiger partial charge < -0.3 is 5.73 Å². The molecule has 0 saturated heterocycles. The van der Waals surface area contributed by atoms with E-state index >= 15 is 0 Å². The summed E-state index contributed by atoms with van der Waals surface area (Å²) in [6, 6.07) is 4.78. The Morgan fingerprint density at radius 3 is 2.65 bits per heavy atom. The number of benzene rings is 1. The molecule has 96 valence electrons. The van der Waals surface area contributed by atoms with Crippen LogP contribution in [0.15, 0.2) is 27.6 Å². The quantitative estimate of drug-likeness (QED) is 0.847. The molecule has 17 heavy (non-hydrogen) atoms. The zero-order valence-corrected chi connectivity index (χ0v) is 12.4. The first-order valence-corrected chi connectivity index (χ1v) is 7.64. The molecule has 1 rings (SSSR count). The highest BCUT2D eigenvalue weighted by molar-refractivity contribution is 9.10. The van der Waals surface area contributed by atoms with Crippen LogP contribution in [0.3, 0.4) is 0 Å². The van der Waals surface area contributed by atoms with Crippen LogP contribution in [0.5, 0.6) is 0 Å². The fourth-order valence-corrected chi connectivity index (χ4v) is 3.55. The summed E-state index contributed by atoms with van der Waals surface area (Å²) in [6.45, 7) is 2.54. The SMILES string of the molecule is CCCCN(C)S(=O)(=O)c1cc(N)ccc1Br. The maximum absolute atomic E-state index is 12.3. The van der Waals surface area contributed by atoms with Crippen molar-refractivity contribution >= 4 is 31.6 Å². The lowest BCUT2D eigenvalue weighted by Gasteiger charge is -2.17. The number of hydrogen-bond donors (Lipinski definition) is 1. The predicted octanol–water partition coefficient (Wildman–Crippen LogP) is 2.45. The van der Waals surface area contributed by atoms with Crippen molar-refractivity contribution in [2.24, 2.45) is 0 Å². The van der Waals surface area contributed by atoms with Crippen molar-refractivity contribution in [2.75, 3.05) is 19.3 Å². The van der Waals surface area contributed by atoms with Crippen molar-refractivity contribution in [3.8, 4) is 0 Å². The third-order valence-electron chi connectivity index (χ3n) is 2.47. The van der Waals surface area contributed by atoms with Gasteiger partial charge in [-0.1, -0.05) is 13.3 Å². The van der Waals surface area contributed by atoms with E-state index in [9.17, 15) is 8.42 Å². The van der Waals surface area contributed by atoms with E-state index in [1.807, 2.05) is 6.92 Å². The summed E-state index contributed by atoms with van der Waals surface area (Å²) in [4.78, 5) is 0.219. The molecule has 6 heteroatoms. The highest BCUT2D eigenvalue weighted by Crippen LogP contribution is 2.26. The second kappa shape index (κ2) is 5.84. The summed E-state index contributed by atoms with van der Waals surface area (Å²) in [5.41, 5.74) is 6.06. The number of anilines is 1. The molecule has 0 atom stereocenters. The largest absolute Gasteiger partial charge is 0.399 e. The topological polar surface area (TPSA) is 63.4 Å². The monoisotopic (exact) mass is 320 g/mol. The maximum atomic E-state index is 12.3. The minimum Gasteiger partial charge on any atom is -0.399 e. The zero-order valence-electron chi connectivity index (χ0n) is 9.98. The maximum Gasteiger partial charge on any atom is 0.244 e. The molecule has 0 spiro atoms. The van der Waals surface area contributed by atoms with Crippen LogP contribution < -0.4 is 5.73 Å². The van der Waals surface area contributed by atoms with Gasteiger partial charge >= 0.3 is 0 Å². The second-order valence-corrected chi connectivity index (χ2v) is 6.74. The first kappa shape index (κ1) is 14.5. The number of nitrogens with two attached hydrogens (primary N) is 1. The first-order valence-electron chi connectivity index (χ1n) is 5.41. The number of sulfonamides is 1. The molecule has 4 nitrogen and oxygen atoms in total. The van der Waals surface area contributed by atoms with Crippen LogP contribution in [-0.2, 0) is 10.0 Å². The molecule has 0 saturated carbocycles. The summed E-state index contributed by atoms with van der Waals surface area (Å²) in [5.74, 6) is 0. The van der Waals surface area contributed by atoms with Crippen molar-refractivity contribution in [1.82, 2.24) is 4.31 Å². The van der Waals surface area contributed by atoms with Gasteiger partial charge in [-0.3, -0.25) is 0 Å². The minimum absolute atomic E-state index is 0.219. The molecule has 1 aromatic rings. The van der Waals surface area contributed by atoms with Crippen molar-refractivity contribution in [3.05, 3.63) is 22.7 Å². The van der Waals surface area contributed by atoms with Crippen molar-refractivity contribution in [3.63, 3.8) is 0 Å². The molecular weight excluding hydrogens is 304 g/mol. The van der Waals surface area contributed by atoms with Gasteiger partial charge in [0.15, 0.2) is 0 Å². The van der Waals surface area contributed by atoms with E-state index in [-0.39, 0.29) is 4.90 Å². The molecule has 0 aromatic heterocycles. The predicted molar refractivity (Wildman–Crippen MR) is 73.3 cm³/mol. The van der Waals surface area contributed by atoms with Crippen LogP contribution >= 0.6 is 15.9 Å². The molecule has 0 aliphatic rings. The van der Waals surface area contributed by atoms with Gasteiger partial charge in [0, 0.05) is 23.8 Å². The molecule has 2 N–H and O–H groups in total. The molecule has 0 amide bonds. The van der Waals surface area contributed by atoms with Crippen molar-refractivity contribution in [1.29, 1.82) is 0 Å². The van der Waals surface area contributed by atoms with Gasteiger partial charge in [-0.05, 0) is 40.5 Å². The summed E-state index contributed by atoms with van der Waals surface area (Å²) in [7, 11) is -1.87. The Morgan fingerprint density at radius 2 is 2.06 bits per heavy atom. The molecule has 0 bridgehead atoms. The molecule has 0 aliphatic carbocycles. The number of nitrogen functional groups attached to an aromatic ring is 1. The Morgan fingerprint density at radius 1 is 1.41 bits per heavy atom. The standard InChI is InChI=1S/C11H17BrN2O2S/c1-3-4-7-14(2)17(15,16)11-8-9(13)5-6-10(11)12/h5-6,8H,3-4,7,13H2,1-2H3. The number of nitrogens with zero attached hydrogens (tertiary/aromatic N) is 1. The second-order valence-electron chi connectivity index (χ2n) is 3.87. The van der Waals surface area contributed by atoms with E-state index in [1.165, 1.54) is 10.4 Å². The fraction of sp³-hybridized carbons (Fsp3) is 0.455. The average molecular weight is 321 g/mol. The van der Waals surface area contributed by atoms with Crippen LogP contribution in [0.1, 0.15) is 19.8 Å². The Labute approximate surface area is 111 Å². The van der Waals surface area contributed by atoms with Crippen LogP contribution in [0.4, 0.5) is 5.69 Å². The van der Waals surface area contributed by atoms with Crippen LogP contribution in [0.2, 0.25) is 0 Å². The smallest absolute Gasteiger partial charge is 0.244 e. The van der Waals surface area contributed by atoms with Crippen molar-refractivity contribution < 1.29 is 8.42 Å². The van der Waals surface area contributed by atoms with Crippen LogP contribution in [0.25, 0.3) is 0 Å². The molecule has 0 unspecified atom stereocenters. The van der Waals surface area contributed by atoms with E-state index in [2.05, 4.69) is 15.9 Å². The molecule has 0 radical (unpaired) electrons. The number of hydrogen-bond acceptors (Lipinski definition) is 3. The fourth-order valence-electron chi connectivity index (χ4n) is 1.39.